The Morgan fingerprint density at radius 3 is 2.65 bits per heavy atom. The molecule has 0 radical (unpaired) electrons. The summed E-state index contributed by atoms with van der Waals surface area (Å²) < 4.78 is 0. The van der Waals surface area contributed by atoms with Crippen molar-refractivity contribution < 1.29 is 0 Å². The van der Waals surface area contributed by atoms with Crippen LogP contribution < -0.4 is 5.32 Å². The van der Waals surface area contributed by atoms with Gasteiger partial charge in [-0.15, -0.1) is 11.3 Å². The summed E-state index contributed by atoms with van der Waals surface area (Å²) in [6, 6.07) is 9.05. The monoisotopic (exact) mass is 288 g/mol. The maximum Gasteiger partial charge on any atom is 0.0901 e. The zero-order valence-corrected chi connectivity index (χ0v) is 13.6. The van der Waals surface area contributed by atoms with Gasteiger partial charge in [0.25, 0.3) is 0 Å². The lowest BCUT2D eigenvalue weighted by atomic mass is 10.0. The minimum absolute atomic E-state index is 0.504. The van der Waals surface area contributed by atoms with E-state index in [1.54, 1.807) is 11.3 Å². The second-order valence-corrected chi connectivity index (χ2v) is 6.91. The lowest BCUT2D eigenvalue weighted by molar-refractivity contribution is 0.528. The van der Waals surface area contributed by atoms with Gasteiger partial charge in [-0.3, -0.25) is 0 Å². The van der Waals surface area contributed by atoms with Crippen molar-refractivity contribution >= 4 is 17.0 Å². The van der Waals surface area contributed by atoms with Crippen LogP contribution in [0.3, 0.4) is 0 Å². The van der Waals surface area contributed by atoms with Gasteiger partial charge in [0.2, 0.25) is 0 Å². The first-order valence-electron chi connectivity index (χ1n) is 7.33. The number of rotatable bonds is 6. The molecule has 0 aliphatic heterocycles. The Balaban J connectivity index is 2.02. The molecule has 2 aromatic rings. The van der Waals surface area contributed by atoms with Crippen molar-refractivity contribution in [1.29, 1.82) is 0 Å². The zero-order chi connectivity index (χ0) is 14.5. The molecule has 1 aromatic carbocycles. The fourth-order valence-electron chi connectivity index (χ4n) is 2.20. The standard InChI is InChI=1S/C17H24N2S/c1-12(2)8-9-13(3)18-16-7-5-6-15(10-16)17-11-20-14(4)19-17/h5-7,10-13,18H,8-9H2,1-4H3. The van der Waals surface area contributed by atoms with Gasteiger partial charge in [0.1, 0.15) is 0 Å². The summed E-state index contributed by atoms with van der Waals surface area (Å²) in [4.78, 5) is 4.55. The van der Waals surface area contributed by atoms with Crippen molar-refractivity contribution in [2.75, 3.05) is 5.32 Å². The average molecular weight is 288 g/mol. The Bertz CT molecular complexity index is 545. The van der Waals surface area contributed by atoms with E-state index in [0.717, 1.165) is 16.6 Å². The molecule has 0 aliphatic rings. The largest absolute Gasteiger partial charge is 0.383 e. The van der Waals surface area contributed by atoms with Gasteiger partial charge in [-0.1, -0.05) is 26.0 Å². The molecule has 0 saturated carbocycles. The molecule has 0 saturated heterocycles. The quantitative estimate of drug-likeness (QED) is 0.774. The third-order valence-corrected chi connectivity index (χ3v) is 4.14. The van der Waals surface area contributed by atoms with Crippen molar-refractivity contribution in [3.8, 4) is 11.3 Å². The number of nitrogens with zero attached hydrogens (tertiary/aromatic N) is 1. The van der Waals surface area contributed by atoms with Gasteiger partial charge in [-0.05, 0) is 44.7 Å². The molecule has 1 unspecified atom stereocenters. The van der Waals surface area contributed by atoms with Gasteiger partial charge in [0.15, 0.2) is 0 Å². The van der Waals surface area contributed by atoms with Crippen molar-refractivity contribution in [2.45, 2.75) is 46.6 Å². The van der Waals surface area contributed by atoms with Crippen molar-refractivity contribution in [1.82, 2.24) is 4.98 Å². The number of aromatic nitrogens is 1. The first-order chi connectivity index (χ1) is 9.54. The summed E-state index contributed by atoms with van der Waals surface area (Å²) in [6.45, 7) is 8.85. The number of benzene rings is 1. The van der Waals surface area contributed by atoms with Crippen LogP contribution in [0.25, 0.3) is 11.3 Å². The molecule has 0 fully saturated rings. The summed E-state index contributed by atoms with van der Waals surface area (Å²) >= 11 is 1.70. The lowest BCUT2D eigenvalue weighted by Gasteiger charge is -2.16. The molecule has 1 heterocycles. The fraction of sp³-hybridized carbons (Fsp3) is 0.471. The Hall–Kier alpha value is -1.35. The van der Waals surface area contributed by atoms with Crippen molar-refractivity contribution in [3.63, 3.8) is 0 Å². The highest BCUT2D eigenvalue weighted by Crippen LogP contribution is 2.24. The van der Waals surface area contributed by atoms with E-state index in [2.05, 4.69) is 60.7 Å². The molecule has 1 atom stereocenters. The van der Waals surface area contributed by atoms with Gasteiger partial charge in [0, 0.05) is 22.7 Å². The highest BCUT2D eigenvalue weighted by molar-refractivity contribution is 7.09. The average Bonchev–Trinajstić information content (AvgIpc) is 2.83. The van der Waals surface area contributed by atoms with E-state index in [9.17, 15) is 0 Å². The minimum atomic E-state index is 0.504. The van der Waals surface area contributed by atoms with Crippen LogP contribution in [-0.4, -0.2) is 11.0 Å². The van der Waals surface area contributed by atoms with Crippen molar-refractivity contribution in [2.24, 2.45) is 5.92 Å². The maximum absolute atomic E-state index is 4.55. The number of nitrogens with one attached hydrogen (secondary N) is 1. The topological polar surface area (TPSA) is 24.9 Å². The van der Waals surface area contributed by atoms with E-state index >= 15 is 0 Å². The van der Waals surface area contributed by atoms with Gasteiger partial charge in [0.05, 0.1) is 10.7 Å². The third kappa shape index (κ3) is 4.34. The molecule has 2 rings (SSSR count). The first kappa shape index (κ1) is 15.0. The molecule has 3 heteroatoms. The Morgan fingerprint density at radius 2 is 2.00 bits per heavy atom. The van der Waals surface area contributed by atoms with Gasteiger partial charge < -0.3 is 5.32 Å². The summed E-state index contributed by atoms with van der Waals surface area (Å²) in [5.41, 5.74) is 3.45. The van der Waals surface area contributed by atoms with Crippen LogP contribution in [-0.2, 0) is 0 Å². The molecule has 0 bridgehead atoms. The van der Waals surface area contributed by atoms with E-state index in [4.69, 9.17) is 0 Å². The van der Waals surface area contributed by atoms with Crippen LogP contribution >= 0.6 is 11.3 Å². The van der Waals surface area contributed by atoms with Crippen LogP contribution in [0.4, 0.5) is 5.69 Å². The number of hydrogen-bond donors (Lipinski definition) is 1. The van der Waals surface area contributed by atoms with Gasteiger partial charge in [-0.2, -0.15) is 0 Å². The fourth-order valence-corrected chi connectivity index (χ4v) is 2.83. The maximum atomic E-state index is 4.55. The number of hydrogen-bond acceptors (Lipinski definition) is 3. The number of anilines is 1. The second-order valence-electron chi connectivity index (χ2n) is 5.85. The first-order valence-corrected chi connectivity index (χ1v) is 8.21. The van der Waals surface area contributed by atoms with Gasteiger partial charge in [-0.25, -0.2) is 4.98 Å². The zero-order valence-electron chi connectivity index (χ0n) is 12.8. The molecule has 108 valence electrons. The third-order valence-electron chi connectivity index (χ3n) is 3.37. The highest BCUT2D eigenvalue weighted by Gasteiger charge is 2.06. The Morgan fingerprint density at radius 1 is 1.20 bits per heavy atom. The molecule has 1 aromatic heterocycles. The summed E-state index contributed by atoms with van der Waals surface area (Å²) in [7, 11) is 0. The van der Waals surface area contributed by atoms with E-state index in [1.807, 2.05) is 6.92 Å². The molecule has 1 N–H and O–H groups in total. The molecular weight excluding hydrogens is 264 g/mol. The Labute approximate surface area is 126 Å². The van der Waals surface area contributed by atoms with E-state index < -0.39 is 0 Å². The molecule has 0 spiro atoms. The van der Waals surface area contributed by atoms with Crippen LogP contribution in [0.5, 0.6) is 0 Å². The summed E-state index contributed by atoms with van der Waals surface area (Å²) in [6.07, 6.45) is 2.47. The van der Waals surface area contributed by atoms with Crippen LogP contribution in [0.15, 0.2) is 29.6 Å². The SMILES string of the molecule is Cc1nc(-c2cccc(NC(C)CCC(C)C)c2)cs1. The van der Waals surface area contributed by atoms with Crippen LogP contribution in [0.2, 0.25) is 0 Å². The second kappa shape index (κ2) is 6.89. The lowest BCUT2D eigenvalue weighted by Crippen LogP contribution is -2.15. The molecule has 2 nitrogen and oxygen atoms in total. The van der Waals surface area contributed by atoms with Gasteiger partial charge >= 0.3 is 0 Å². The minimum Gasteiger partial charge on any atom is -0.383 e. The van der Waals surface area contributed by atoms with Crippen LogP contribution in [0, 0.1) is 12.8 Å². The summed E-state index contributed by atoms with van der Waals surface area (Å²) in [5, 5.41) is 6.83. The van der Waals surface area contributed by atoms with E-state index in [0.29, 0.717) is 6.04 Å². The Kier molecular flexibility index (Phi) is 5.18. The predicted octanol–water partition coefficient (Wildman–Crippen LogP) is 5.36. The van der Waals surface area contributed by atoms with Crippen LogP contribution in [0.1, 0.15) is 38.6 Å². The molecule has 0 amide bonds. The van der Waals surface area contributed by atoms with E-state index in [1.165, 1.54) is 24.1 Å². The number of aryl methyl sites for hydroxylation is 1. The molecular formula is C17H24N2S. The normalized spacial score (nSPS) is 12.7. The predicted molar refractivity (Wildman–Crippen MR) is 89.4 cm³/mol. The van der Waals surface area contributed by atoms with E-state index in [-0.39, 0.29) is 0 Å². The highest BCUT2D eigenvalue weighted by atomic mass is 32.1. The number of thiazole rings is 1. The smallest absolute Gasteiger partial charge is 0.0901 e. The molecule has 20 heavy (non-hydrogen) atoms. The molecule has 0 aliphatic carbocycles. The summed E-state index contributed by atoms with van der Waals surface area (Å²) in [5.74, 6) is 0.767. The van der Waals surface area contributed by atoms with Crippen molar-refractivity contribution in [3.05, 3.63) is 34.7 Å².